The Kier molecular flexibility index (Phi) is 5.27. The highest BCUT2D eigenvalue weighted by Crippen LogP contribution is 2.45. The molecule has 5 rings (SSSR count). The predicted molar refractivity (Wildman–Crippen MR) is 122 cm³/mol. The van der Waals surface area contributed by atoms with E-state index in [1.54, 1.807) is 6.07 Å². The van der Waals surface area contributed by atoms with Gasteiger partial charge in [-0.2, -0.15) is 0 Å². The monoisotopic (exact) mass is 438 g/mol. The molecular formula is C26H31FN2O3. The van der Waals surface area contributed by atoms with Crippen molar-refractivity contribution in [2.45, 2.75) is 57.8 Å². The molecule has 3 heterocycles. The average Bonchev–Trinajstić information content (AvgIpc) is 3.06. The van der Waals surface area contributed by atoms with Crippen molar-refractivity contribution in [3.63, 3.8) is 0 Å². The number of H-pyrrole nitrogens is 1. The zero-order valence-corrected chi connectivity index (χ0v) is 18.9. The molecule has 32 heavy (non-hydrogen) atoms. The summed E-state index contributed by atoms with van der Waals surface area (Å²) in [4.78, 5) is 5.48. The number of aromatic amines is 1. The second kappa shape index (κ2) is 7.87. The lowest BCUT2D eigenvalue weighted by molar-refractivity contribution is -0.0588. The van der Waals surface area contributed by atoms with E-state index in [1.165, 1.54) is 23.3 Å². The van der Waals surface area contributed by atoms with Gasteiger partial charge in [0.25, 0.3) is 0 Å². The number of nitrogens with zero attached hydrogens (tertiary/aromatic N) is 1. The van der Waals surface area contributed by atoms with E-state index in [0.29, 0.717) is 13.0 Å². The van der Waals surface area contributed by atoms with E-state index in [4.69, 9.17) is 4.74 Å². The first-order valence-corrected chi connectivity index (χ1v) is 11.4. The summed E-state index contributed by atoms with van der Waals surface area (Å²) in [6.45, 7) is 8.08. The van der Waals surface area contributed by atoms with Crippen LogP contribution in [0.1, 0.15) is 59.4 Å². The van der Waals surface area contributed by atoms with E-state index in [9.17, 15) is 14.6 Å². The summed E-state index contributed by atoms with van der Waals surface area (Å²) in [6, 6.07) is 8.72. The van der Waals surface area contributed by atoms with Crippen LogP contribution in [-0.4, -0.2) is 45.3 Å². The number of hydrogen-bond donors (Lipinski definition) is 3. The first kappa shape index (κ1) is 21.4. The first-order valence-electron chi connectivity index (χ1n) is 11.4. The highest BCUT2D eigenvalue weighted by atomic mass is 19.1. The minimum atomic E-state index is -0.705. The third-order valence-electron chi connectivity index (χ3n) is 7.41. The molecule has 170 valence electrons. The van der Waals surface area contributed by atoms with Crippen molar-refractivity contribution in [3.8, 4) is 5.75 Å². The van der Waals surface area contributed by atoms with Gasteiger partial charge in [0, 0.05) is 53.8 Å². The van der Waals surface area contributed by atoms with Crippen LogP contribution in [0.3, 0.4) is 0 Å². The molecule has 0 saturated carbocycles. The van der Waals surface area contributed by atoms with Crippen LogP contribution in [0.5, 0.6) is 5.75 Å². The summed E-state index contributed by atoms with van der Waals surface area (Å²) < 4.78 is 20.3. The number of halogens is 1. The summed E-state index contributed by atoms with van der Waals surface area (Å²) in [5.41, 5.74) is 5.33. The lowest BCUT2D eigenvalue weighted by atomic mass is 9.81. The Labute approximate surface area is 187 Å². The molecule has 3 N–H and O–H groups in total. The van der Waals surface area contributed by atoms with Crippen molar-refractivity contribution in [1.29, 1.82) is 0 Å². The molecule has 0 aliphatic carbocycles. The Balaban J connectivity index is 1.29. The highest BCUT2D eigenvalue weighted by Gasteiger charge is 2.43. The van der Waals surface area contributed by atoms with Crippen molar-refractivity contribution in [1.82, 2.24) is 9.88 Å². The zero-order valence-electron chi connectivity index (χ0n) is 18.9. The number of hydrogen-bond acceptors (Lipinski definition) is 4. The van der Waals surface area contributed by atoms with Crippen LogP contribution in [-0.2, 0) is 0 Å². The summed E-state index contributed by atoms with van der Waals surface area (Å²) in [5, 5.41) is 22.6. The molecule has 2 unspecified atom stereocenters. The Morgan fingerprint density at radius 2 is 1.88 bits per heavy atom. The van der Waals surface area contributed by atoms with Gasteiger partial charge < -0.3 is 24.8 Å². The maximum absolute atomic E-state index is 13.8. The summed E-state index contributed by atoms with van der Waals surface area (Å²) >= 11 is 0. The Bertz CT molecular complexity index is 1160. The largest absolute Gasteiger partial charge is 0.487 e. The van der Waals surface area contributed by atoms with Gasteiger partial charge in [-0.05, 0) is 75.1 Å². The molecule has 1 fully saturated rings. The van der Waals surface area contributed by atoms with Gasteiger partial charge in [-0.15, -0.1) is 0 Å². The Hall–Kier alpha value is -2.41. The minimum Gasteiger partial charge on any atom is -0.487 e. The molecule has 6 heteroatoms. The summed E-state index contributed by atoms with van der Waals surface area (Å²) in [5.74, 6) is 0.500. The number of β-amino-alcohol motifs (C(OH)–C–C–N with tert-alkyl or cyclic N) is 1. The van der Waals surface area contributed by atoms with Gasteiger partial charge >= 0.3 is 0 Å². The molecule has 0 radical (unpaired) electrons. The van der Waals surface area contributed by atoms with Gasteiger partial charge in [-0.3, -0.25) is 0 Å². The fourth-order valence-electron chi connectivity index (χ4n) is 5.43. The average molecular weight is 439 g/mol. The molecule has 2 aromatic carbocycles. The number of nitrogens with one attached hydrogen (secondary N) is 1. The molecule has 5 nitrogen and oxygen atoms in total. The quantitative estimate of drug-likeness (QED) is 0.558. The number of aryl methyl sites for hydroxylation is 3. The SMILES string of the molecule is Cc1cc2c(cc1C)C(O)CC1(CCN(CC(O)c3c(C)[nH]c4ccc(F)cc34)CC1)O2. The lowest BCUT2D eigenvalue weighted by Crippen LogP contribution is -2.51. The smallest absolute Gasteiger partial charge is 0.126 e. The van der Waals surface area contributed by atoms with E-state index < -0.39 is 12.2 Å². The molecule has 1 spiro atoms. The molecular weight excluding hydrogens is 407 g/mol. The molecule has 1 aromatic heterocycles. The van der Waals surface area contributed by atoms with Crippen LogP contribution in [0.15, 0.2) is 30.3 Å². The summed E-state index contributed by atoms with van der Waals surface area (Å²) in [7, 11) is 0. The molecule has 1 saturated heterocycles. The Morgan fingerprint density at radius 3 is 2.62 bits per heavy atom. The number of likely N-dealkylation sites (tertiary alicyclic amines) is 1. The van der Waals surface area contributed by atoms with E-state index in [2.05, 4.69) is 23.7 Å². The second-order valence-corrected chi connectivity index (χ2v) is 9.65. The van der Waals surface area contributed by atoms with Gasteiger partial charge in [-0.25, -0.2) is 4.39 Å². The molecule has 2 aliphatic heterocycles. The molecule has 0 amide bonds. The minimum absolute atomic E-state index is 0.302. The standard InChI is InChI=1S/C26H31FN2O3/c1-15-10-20-22(30)13-26(32-24(20)11-16(15)2)6-8-29(9-7-26)14-23(31)25-17(3)28-21-5-4-18(27)12-19(21)25/h4-5,10-12,22-23,28,30-31H,6-9,13-14H2,1-3H3. The number of aromatic nitrogens is 1. The zero-order chi connectivity index (χ0) is 22.6. The van der Waals surface area contributed by atoms with Crippen LogP contribution in [0.2, 0.25) is 0 Å². The first-order chi connectivity index (χ1) is 15.2. The number of piperidine rings is 1. The predicted octanol–water partition coefficient (Wildman–Crippen LogP) is 4.62. The van der Waals surface area contributed by atoms with Crippen LogP contribution in [0.25, 0.3) is 10.9 Å². The number of aliphatic hydroxyl groups is 2. The number of fused-ring (bicyclic) bond motifs is 2. The van der Waals surface area contributed by atoms with Crippen molar-refractivity contribution in [2.75, 3.05) is 19.6 Å². The van der Waals surface area contributed by atoms with E-state index in [-0.39, 0.29) is 11.4 Å². The summed E-state index contributed by atoms with van der Waals surface area (Å²) in [6.07, 6.45) is 0.970. The van der Waals surface area contributed by atoms with Gasteiger partial charge in [-0.1, -0.05) is 0 Å². The van der Waals surface area contributed by atoms with Crippen LogP contribution < -0.4 is 4.74 Å². The number of benzene rings is 2. The fourth-order valence-corrected chi connectivity index (χ4v) is 5.43. The maximum atomic E-state index is 13.8. The van der Waals surface area contributed by atoms with Crippen molar-refractivity contribution in [2.24, 2.45) is 0 Å². The van der Waals surface area contributed by atoms with Gasteiger partial charge in [0.1, 0.15) is 17.2 Å². The second-order valence-electron chi connectivity index (χ2n) is 9.65. The van der Waals surface area contributed by atoms with Crippen molar-refractivity contribution in [3.05, 3.63) is 64.1 Å². The number of aliphatic hydroxyl groups excluding tert-OH is 2. The van der Waals surface area contributed by atoms with Crippen molar-refractivity contribution < 1.29 is 19.3 Å². The lowest BCUT2D eigenvalue weighted by Gasteiger charge is -2.46. The van der Waals surface area contributed by atoms with Gasteiger partial charge in [0.05, 0.1) is 12.2 Å². The molecule has 2 atom stereocenters. The maximum Gasteiger partial charge on any atom is 0.126 e. The Morgan fingerprint density at radius 1 is 1.16 bits per heavy atom. The van der Waals surface area contributed by atoms with Crippen molar-refractivity contribution >= 4 is 10.9 Å². The third kappa shape index (κ3) is 3.70. The van der Waals surface area contributed by atoms with E-state index >= 15 is 0 Å². The fraction of sp³-hybridized carbons (Fsp3) is 0.462. The highest BCUT2D eigenvalue weighted by molar-refractivity contribution is 5.85. The van der Waals surface area contributed by atoms with Crippen LogP contribution in [0, 0.1) is 26.6 Å². The molecule has 2 aliphatic rings. The topological polar surface area (TPSA) is 68.7 Å². The number of ether oxygens (including phenoxy) is 1. The molecule has 3 aromatic rings. The van der Waals surface area contributed by atoms with Crippen LogP contribution in [0.4, 0.5) is 4.39 Å². The van der Waals surface area contributed by atoms with Crippen LogP contribution >= 0.6 is 0 Å². The van der Waals surface area contributed by atoms with Gasteiger partial charge in [0.2, 0.25) is 0 Å². The number of rotatable bonds is 3. The normalized spacial score (nSPS) is 21.5. The third-order valence-corrected chi connectivity index (χ3v) is 7.41. The van der Waals surface area contributed by atoms with E-state index in [0.717, 1.165) is 59.4 Å². The van der Waals surface area contributed by atoms with E-state index in [1.807, 2.05) is 19.1 Å². The van der Waals surface area contributed by atoms with Gasteiger partial charge in [0.15, 0.2) is 0 Å². The molecule has 0 bridgehead atoms.